The number of nitrogens with one attached hydrogen (secondary N) is 1. The minimum absolute atomic E-state index is 0.0873. The van der Waals surface area contributed by atoms with E-state index in [1.807, 2.05) is 60.4 Å². The number of H-pyrrole nitrogens is 1. The monoisotopic (exact) mass is 421 g/mol. The summed E-state index contributed by atoms with van der Waals surface area (Å²) in [5.74, 6) is 0.624. The van der Waals surface area contributed by atoms with Gasteiger partial charge in [-0.25, -0.2) is 4.98 Å². The molecule has 0 saturated heterocycles. The number of aromatic nitrogens is 2. The lowest BCUT2D eigenvalue weighted by Gasteiger charge is -2.29. The van der Waals surface area contributed by atoms with Gasteiger partial charge in [-0.2, -0.15) is 0 Å². The van der Waals surface area contributed by atoms with Crippen molar-refractivity contribution in [3.8, 4) is 0 Å². The van der Waals surface area contributed by atoms with E-state index in [9.17, 15) is 9.59 Å². The van der Waals surface area contributed by atoms with Crippen LogP contribution in [-0.4, -0.2) is 33.9 Å². The molecule has 0 bridgehead atoms. The summed E-state index contributed by atoms with van der Waals surface area (Å²) in [5.41, 5.74) is 5.53. The van der Waals surface area contributed by atoms with E-state index >= 15 is 0 Å². The number of nitrogens with zero attached hydrogens (tertiary/aromatic N) is 2. The van der Waals surface area contributed by atoms with Crippen LogP contribution in [0, 0.1) is 0 Å². The quantitative estimate of drug-likeness (QED) is 0.465. The van der Waals surface area contributed by atoms with E-state index in [2.05, 4.69) is 15.7 Å². The van der Waals surface area contributed by atoms with E-state index in [4.69, 9.17) is 0 Å². The summed E-state index contributed by atoms with van der Waals surface area (Å²) in [6.45, 7) is 3.55. The summed E-state index contributed by atoms with van der Waals surface area (Å²) in [6, 6.07) is 17.1. The van der Waals surface area contributed by atoms with Gasteiger partial charge >= 0.3 is 0 Å². The Morgan fingerprint density at radius 2 is 1.74 bits per heavy atom. The summed E-state index contributed by atoms with van der Waals surface area (Å²) in [6.07, 6.45) is 5.36. The molecule has 1 aromatic heterocycles. The molecule has 3 rings (SSSR count). The van der Waals surface area contributed by atoms with Crippen molar-refractivity contribution in [1.29, 1.82) is 0 Å². The molecule has 1 heterocycles. The number of para-hydroxylation sites is 1. The second kappa shape index (κ2) is 11.4. The van der Waals surface area contributed by atoms with Crippen LogP contribution < -0.4 is 11.3 Å². The highest BCUT2D eigenvalue weighted by atomic mass is 16.2. The van der Waals surface area contributed by atoms with Crippen molar-refractivity contribution in [2.24, 2.45) is 0 Å². The van der Waals surface area contributed by atoms with Gasteiger partial charge in [-0.1, -0.05) is 48.9 Å². The molecule has 0 saturated carbocycles. The molecule has 0 unspecified atom stereocenters. The molecule has 1 atom stereocenters. The van der Waals surface area contributed by atoms with Gasteiger partial charge < -0.3 is 15.6 Å². The Labute approximate surface area is 183 Å². The molecule has 0 fully saturated rings. The van der Waals surface area contributed by atoms with E-state index in [0.29, 0.717) is 36.1 Å². The van der Waals surface area contributed by atoms with E-state index in [1.165, 1.54) is 0 Å². The first-order chi connectivity index (χ1) is 15.1. The first-order valence-corrected chi connectivity index (χ1v) is 11.2. The number of unbranched alkanes of at least 4 members (excludes halogenated alkanes) is 3. The van der Waals surface area contributed by atoms with Crippen LogP contribution in [0.2, 0.25) is 0 Å². The number of hydrogen-bond donors (Lipinski definition) is 2. The van der Waals surface area contributed by atoms with Gasteiger partial charge in [0.2, 0.25) is 5.91 Å². The maximum atomic E-state index is 13.2. The third kappa shape index (κ3) is 6.25. The number of aromatic amines is 1. The van der Waals surface area contributed by atoms with Crippen molar-refractivity contribution < 1.29 is 10.5 Å². The minimum atomic E-state index is -0.298. The van der Waals surface area contributed by atoms with Gasteiger partial charge in [0.1, 0.15) is 5.82 Å². The van der Waals surface area contributed by atoms with E-state index in [1.54, 1.807) is 6.07 Å². The highest BCUT2D eigenvalue weighted by Crippen LogP contribution is 2.20. The molecule has 3 aromatic rings. The molecule has 0 aliphatic carbocycles. The Morgan fingerprint density at radius 1 is 1.03 bits per heavy atom. The summed E-state index contributed by atoms with van der Waals surface area (Å²) in [5, 5.41) is 0.563. The van der Waals surface area contributed by atoms with Crippen molar-refractivity contribution in [1.82, 2.24) is 14.9 Å². The van der Waals surface area contributed by atoms with Gasteiger partial charge in [0.25, 0.3) is 5.56 Å². The molecule has 6 nitrogen and oxygen atoms in total. The van der Waals surface area contributed by atoms with Gasteiger partial charge in [-0.05, 0) is 50.3 Å². The Morgan fingerprint density at radius 3 is 2.52 bits per heavy atom. The molecular formula is C25H33N4O2+. The zero-order valence-corrected chi connectivity index (χ0v) is 18.3. The molecule has 0 aliphatic rings. The summed E-state index contributed by atoms with van der Waals surface area (Å²) < 4.78 is 0. The maximum absolute atomic E-state index is 13.2. The first-order valence-electron chi connectivity index (χ1n) is 11.2. The van der Waals surface area contributed by atoms with Gasteiger partial charge in [0.05, 0.1) is 23.5 Å². The van der Waals surface area contributed by atoms with Crippen molar-refractivity contribution in [2.45, 2.75) is 51.5 Å². The fraction of sp³-hybridized carbons (Fsp3) is 0.400. The molecule has 0 spiro atoms. The van der Waals surface area contributed by atoms with Crippen molar-refractivity contribution in [3.05, 3.63) is 76.3 Å². The SMILES string of the molecule is C[C@H](c1nc2ccccc2c(=O)[nH]1)N(CCCCCC[NH3+])C(=O)CCc1ccccc1. The average Bonchev–Trinajstić information content (AvgIpc) is 2.80. The van der Waals surface area contributed by atoms with Crippen LogP contribution in [-0.2, 0) is 11.2 Å². The van der Waals surface area contributed by atoms with E-state index in [0.717, 1.165) is 37.8 Å². The number of quaternary nitrogens is 1. The maximum Gasteiger partial charge on any atom is 0.258 e. The molecule has 1 amide bonds. The van der Waals surface area contributed by atoms with Gasteiger partial charge in [0.15, 0.2) is 0 Å². The molecule has 0 aliphatic heterocycles. The van der Waals surface area contributed by atoms with Crippen LogP contribution in [0.25, 0.3) is 10.9 Å². The van der Waals surface area contributed by atoms with Crippen LogP contribution >= 0.6 is 0 Å². The minimum Gasteiger partial charge on any atom is -0.358 e. The molecular weight excluding hydrogens is 388 g/mol. The summed E-state index contributed by atoms with van der Waals surface area (Å²) in [7, 11) is 0. The van der Waals surface area contributed by atoms with Crippen LogP contribution in [0.3, 0.4) is 0 Å². The lowest BCUT2D eigenvalue weighted by molar-refractivity contribution is -0.368. The highest BCUT2D eigenvalue weighted by Gasteiger charge is 2.23. The Bertz CT molecular complexity index is 1030. The lowest BCUT2D eigenvalue weighted by atomic mass is 10.1. The molecule has 6 heteroatoms. The number of aryl methyl sites for hydroxylation is 1. The fourth-order valence-corrected chi connectivity index (χ4v) is 3.84. The second-order valence-electron chi connectivity index (χ2n) is 7.98. The molecule has 31 heavy (non-hydrogen) atoms. The molecule has 2 aromatic carbocycles. The fourth-order valence-electron chi connectivity index (χ4n) is 3.84. The number of fused-ring (bicyclic) bond motifs is 1. The third-order valence-corrected chi connectivity index (χ3v) is 5.68. The predicted octanol–water partition coefficient (Wildman–Crippen LogP) is 3.25. The van der Waals surface area contributed by atoms with Gasteiger partial charge in [-0.3, -0.25) is 9.59 Å². The predicted molar refractivity (Wildman–Crippen MR) is 123 cm³/mol. The van der Waals surface area contributed by atoms with E-state index in [-0.39, 0.29) is 17.5 Å². The molecule has 0 radical (unpaired) electrons. The average molecular weight is 422 g/mol. The molecule has 4 N–H and O–H groups in total. The summed E-state index contributed by atoms with van der Waals surface area (Å²) in [4.78, 5) is 35.2. The molecule has 164 valence electrons. The zero-order chi connectivity index (χ0) is 22.1. The Balaban J connectivity index is 1.77. The largest absolute Gasteiger partial charge is 0.358 e. The van der Waals surface area contributed by atoms with Crippen LogP contribution in [0.5, 0.6) is 0 Å². The number of amides is 1. The normalized spacial score (nSPS) is 12.1. The number of carbonyl (C=O) groups excluding carboxylic acids is 1. The zero-order valence-electron chi connectivity index (χ0n) is 18.3. The summed E-state index contributed by atoms with van der Waals surface area (Å²) >= 11 is 0. The number of hydrogen-bond acceptors (Lipinski definition) is 3. The smallest absolute Gasteiger partial charge is 0.258 e. The van der Waals surface area contributed by atoms with Gasteiger partial charge in [-0.15, -0.1) is 0 Å². The second-order valence-corrected chi connectivity index (χ2v) is 7.98. The number of carbonyl (C=O) groups is 1. The van der Waals surface area contributed by atoms with E-state index < -0.39 is 0 Å². The lowest BCUT2D eigenvalue weighted by Crippen LogP contribution is -2.50. The Kier molecular flexibility index (Phi) is 8.35. The Hall–Kier alpha value is -2.99. The van der Waals surface area contributed by atoms with Crippen LogP contribution in [0.4, 0.5) is 0 Å². The van der Waals surface area contributed by atoms with Crippen molar-refractivity contribution in [2.75, 3.05) is 13.1 Å². The topological polar surface area (TPSA) is 93.7 Å². The number of rotatable bonds is 11. The highest BCUT2D eigenvalue weighted by molar-refractivity contribution is 5.78. The van der Waals surface area contributed by atoms with Crippen LogP contribution in [0.1, 0.15) is 56.5 Å². The number of benzene rings is 2. The standard InChI is InChI=1S/C25H32N4O2/c1-19(24-27-22-14-8-7-13-21(22)25(31)28-24)29(18-10-3-2-9-17-26)23(30)16-15-20-11-5-4-6-12-20/h4-8,11-14,19H,2-3,9-10,15-18,26H2,1H3,(H,27,28,31)/p+1/t19-/m1/s1. The third-order valence-electron chi connectivity index (χ3n) is 5.68. The van der Waals surface area contributed by atoms with Gasteiger partial charge in [0, 0.05) is 13.0 Å². The van der Waals surface area contributed by atoms with Crippen molar-refractivity contribution in [3.63, 3.8) is 0 Å². The van der Waals surface area contributed by atoms with Crippen molar-refractivity contribution >= 4 is 16.8 Å². The van der Waals surface area contributed by atoms with Crippen LogP contribution in [0.15, 0.2) is 59.4 Å². The first kappa shape index (κ1) is 22.7.